The highest BCUT2D eigenvalue weighted by Crippen LogP contribution is 2.38. The molecule has 1 aromatic heterocycles. The Balaban J connectivity index is 0.00000158. The van der Waals surface area contributed by atoms with Crippen molar-refractivity contribution in [2.75, 3.05) is 19.5 Å². The smallest absolute Gasteiger partial charge is 0.258 e. The number of benzene rings is 2. The summed E-state index contributed by atoms with van der Waals surface area (Å²) < 4.78 is 19.9. The number of aromatic nitrogens is 2. The van der Waals surface area contributed by atoms with Gasteiger partial charge in [-0.25, -0.2) is 0 Å². The summed E-state index contributed by atoms with van der Waals surface area (Å²) in [5, 5.41) is 13.7. The lowest BCUT2D eigenvalue weighted by Gasteiger charge is -2.13. The number of hydrogen-bond acceptors (Lipinski definition) is 8. The topological polar surface area (TPSA) is 93.2 Å². The molecule has 180 valence electrons. The monoisotopic (exact) mass is 480 g/mol. The Morgan fingerprint density at radius 3 is 2.82 bits per heavy atom. The standard InChI is InChI=1S/C24H26N4O3S.C2H6/c1-15(2)30-22-10-7-16(13-17(22)14-25)24-26-23(27-31-24)20-6-4-5-19-18(20)8-9-21(19)28-32-12-11-29-3;1-2/h4-7,10,13,15,21,28H,8-9,11-12H2,1-3H3;1-2H3. The summed E-state index contributed by atoms with van der Waals surface area (Å²) in [7, 11) is 1.71. The maximum absolute atomic E-state index is 9.50. The van der Waals surface area contributed by atoms with Gasteiger partial charge in [0.2, 0.25) is 5.82 Å². The summed E-state index contributed by atoms with van der Waals surface area (Å²) >= 11 is 1.69. The first-order chi connectivity index (χ1) is 16.6. The lowest BCUT2D eigenvalue weighted by Crippen LogP contribution is -2.12. The molecule has 3 aromatic rings. The summed E-state index contributed by atoms with van der Waals surface area (Å²) in [6, 6.07) is 14.0. The fourth-order valence-electron chi connectivity index (χ4n) is 3.83. The lowest BCUT2D eigenvalue weighted by molar-refractivity contribution is 0.218. The highest BCUT2D eigenvalue weighted by molar-refractivity contribution is 7.97. The molecule has 0 saturated carbocycles. The molecule has 8 heteroatoms. The van der Waals surface area contributed by atoms with Crippen LogP contribution in [-0.2, 0) is 11.2 Å². The number of nitrogens with zero attached hydrogens (tertiary/aromatic N) is 3. The van der Waals surface area contributed by atoms with Crippen LogP contribution in [0, 0.1) is 11.3 Å². The molecule has 7 nitrogen and oxygen atoms in total. The van der Waals surface area contributed by atoms with Crippen LogP contribution in [0.1, 0.15) is 56.8 Å². The minimum absolute atomic E-state index is 0.0140. The molecule has 0 bridgehead atoms. The Morgan fingerprint density at radius 1 is 1.26 bits per heavy atom. The molecule has 0 aliphatic heterocycles. The first-order valence-corrected chi connectivity index (χ1v) is 12.6. The zero-order chi connectivity index (χ0) is 24.5. The predicted octanol–water partition coefficient (Wildman–Crippen LogP) is 5.96. The number of methoxy groups -OCH3 is 1. The maximum Gasteiger partial charge on any atom is 0.258 e. The number of nitrogens with one attached hydrogen (secondary N) is 1. The second-order valence-electron chi connectivity index (χ2n) is 7.84. The van der Waals surface area contributed by atoms with Gasteiger partial charge in [0.05, 0.1) is 18.3 Å². The van der Waals surface area contributed by atoms with Gasteiger partial charge in [0.15, 0.2) is 0 Å². The van der Waals surface area contributed by atoms with Gasteiger partial charge < -0.3 is 14.0 Å². The van der Waals surface area contributed by atoms with Crippen molar-refractivity contribution >= 4 is 11.9 Å². The van der Waals surface area contributed by atoms with E-state index in [1.807, 2.05) is 45.9 Å². The van der Waals surface area contributed by atoms with Gasteiger partial charge in [0.25, 0.3) is 5.89 Å². The van der Waals surface area contributed by atoms with Crippen LogP contribution in [0.4, 0.5) is 0 Å². The molecule has 2 aromatic carbocycles. The maximum atomic E-state index is 9.50. The van der Waals surface area contributed by atoms with E-state index in [9.17, 15) is 5.26 Å². The summed E-state index contributed by atoms with van der Waals surface area (Å²) in [5.74, 6) is 2.40. The number of ether oxygens (including phenoxy) is 2. The zero-order valence-corrected chi connectivity index (χ0v) is 21.2. The Bertz CT molecular complexity index is 1120. The van der Waals surface area contributed by atoms with Gasteiger partial charge in [-0.1, -0.05) is 49.2 Å². The van der Waals surface area contributed by atoms with Crippen molar-refractivity contribution in [3.63, 3.8) is 0 Å². The summed E-state index contributed by atoms with van der Waals surface area (Å²) in [5.41, 5.74) is 4.65. The van der Waals surface area contributed by atoms with Crippen molar-refractivity contribution in [2.24, 2.45) is 0 Å². The van der Waals surface area contributed by atoms with E-state index < -0.39 is 0 Å². The third-order valence-corrected chi connectivity index (χ3v) is 6.08. The molecule has 1 unspecified atom stereocenters. The largest absolute Gasteiger partial charge is 0.490 e. The molecule has 0 spiro atoms. The minimum atomic E-state index is -0.0140. The molecule has 34 heavy (non-hydrogen) atoms. The van der Waals surface area contributed by atoms with Gasteiger partial charge >= 0.3 is 0 Å². The highest BCUT2D eigenvalue weighted by Gasteiger charge is 2.26. The summed E-state index contributed by atoms with van der Waals surface area (Å²) in [6.07, 6.45) is 1.97. The Labute approximate surface area is 206 Å². The molecule has 1 atom stereocenters. The first-order valence-electron chi connectivity index (χ1n) is 11.6. The Morgan fingerprint density at radius 2 is 2.09 bits per heavy atom. The quantitative estimate of drug-likeness (QED) is 0.296. The first kappa shape index (κ1) is 25.8. The fourth-order valence-corrected chi connectivity index (χ4v) is 4.64. The van der Waals surface area contributed by atoms with Crippen LogP contribution >= 0.6 is 11.9 Å². The summed E-state index contributed by atoms with van der Waals surface area (Å²) in [6.45, 7) is 8.58. The van der Waals surface area contributed by atoms with E-state index >= 15 is 0 Å². The van der Waals surface area contributed by atoms with Gasteiger partial charge in [-0.3, -0.25) is 4.72 Å². The van der Waals surface area contributed by atoms with Crippen molar-refractivity contribution in [2.45, 2.75) is 52.7 Å². The SMILES string of the molecule is CC.COCCSNC1CCc2c(-c3noc(-c4ccc(OC(C)C)c(C#N)c4)n3)cccc21. The van der Waals surface area contributed by atoms with E-state index in [1.54, 1.807) is 31.2 Å². The van der Waals surface area contributed by atoms with E-state index in [-0.39, 0.29) is 6.10 Å². The fraction of sp³-hybridized carbons (Fsp3) is 0.423. The van der Waals surface area contributed by atoms with Crippen LogP contribution in [-0.4, -0.2) is 35.7 Å². The zero-order valence-electron chi connectivity index (χ0n) is 20.4. The summed E-state index contributed by atoms with van der Waals surface area (Å²) in [4.78, 5) is 4.64. The normalized spacial score (nSPS) is 14.3. The van der Waals surface area contributed by atoms with Crippen LogP contribution in [0.15, 0.2) is 40.9 Å². The number of rotatable bonds is 9. The molecule has 1 aliphatic rings. The van der Waals surface area contributed by atoms with Gasteiger partial charge in [-0.05, 0) is 56.0 Å². The number of nitriles is 1. The molecule has 0 amide bonds. The molecule has 0 saturated heterocycles. The third kappa shape index (κ3) is 5.98. The van der Waals surface area contributed by atoms with Gasteiger partial charge in [-0.15, -0.1) is 0 Å². The number of fused-ring (bicyclic) bond motifs is 1. The van der Waals surface area contributed by atoms with Crippen LogP contribution in [0.25, 0.3) is 22.8 Å². The molecular formula is C26H32N4O3S. The average Bonchev–Trinajstić information content (AvgIpc) is 3.51. The van der Waals surface area contributed by atoms with Crippen LogP contribution in [0.2, 0.25) is 0 Å². The molecule has 4 rings (SSSR count). The van der Waals surface area contributed by atoms with E-state index in [0.29, 0.717) is 34.6 Å². The van der Waals surface area contributed by atoms with Crippen LogP contribution in [0.3, 0.4) is 0 Å². The molecular weight excluding hydrogens is 448 g/mol. The van der Waals surface area contributed by atoms with Crippen molar-refractivity contribution < 1.29 is 14.0 Å². The molecule has 1 aliphatic carbocycles. The van der Waals surface area contributed by atoms with E-state index in [4.69, 9.17) is 14.0 Å². The second kappa shape index (κ2) is 12.6. The molecule has 1 heterocycles. The van der Waals surface area contributed by atoms with Gasteiger partial charge in [0.1, 0.15) is 11.8 Å². The van der Waals surface area contributed by atoms with Crippen molar-refractivity contribution in [1.29, 1.82) is 5.26 Å². The molecule has 0 radical (unpaired) electrons. The highest BCUT2D eigenvalue weighted by atomic mass is 32.2. The van der Waals surface area contributed by atoms with E-state index in [0.717, 1.165) is 30.8 Å². The van der Waals surface area contributed by atoms with Crippen LogP contribution < -0.4 is 9.46 Å². The van der Waals surface area contributed by atoms with Gasteiger partial charge in [-0.2, -0.15) is 10.2 Å². The van der Waals surface area contributed by atoms with Gasteiger partial charge in [0, 0.05) is 30.0 Å². The minimum Gasteiger partial charge on any atom is -0.490 e. The Kier molecular flexibility index (Phi) is 9.52. The van der Waals surface area contributed by atoms with Crippen molar-refractivity contribution in [3.05, 3.63) is 53.1 Å². The average molecular weight is 481 g/mol. The molecule has 1 N–H and O–H groups in total. The third-order valence-electron chi connectivity index (χ3n) is 5.26. The Hall–Kier alpha value is -2.86. The predicted molar refractivity (Wildman–Crippen MR) is 136 cm³/mol. The van der Waals surface area contributed by atoms with E-state index in [1.165, 1.54) is 11.1 Å². The second-order valence-corrected chi connectivity index (χ2v) is 8.77. The number of hydrogen-bond donors (Lipinski definition) is 1. The van der Waals surface area contributed by atoms with Crippen molar-refractivity contribution in [3.8, 4) is 34.7 Å². The van der Waals surface area contributed by atoms with E-state index in [2.05, 4.69) is 27.0 Å². The molecule has 0 fully saturated rings. The lowest BCUT2D eigenvalue weighted by atomic mass is 10.0. The van der Waals surface area contributed by atoms with Crippen LogP contribution in [0.5, 0.6) is 5.75 Å². The van der Waals surface area contributed by atoms with Crippen molar-refractivity contribution in [1.82, 2.24) is 14.9 Å².